The maximum atomic E-state index is 13.1. The molecular formula is C27H25ClN4O2. The summed E-state index contributed by atoms with van der Waals surface area (Å²) in [4.78, 5) is 27.6. The summed E-state index contributed by atoms with van der Waals surface area (Å²) in [5, 5.41) is 8.14. The summed E-state index contributed by atoms with van der Waals surface area (Å²) in [7, 11) is 0. The number of aromatic nitrogens is 2. The van der Waals surface area contributed by atoms with Crippen LogP contribution < -0.4 is 5.32 Å². The Morgan fingerprint density at radius 3 is 2.32 bits per heavy atom. The number of halogens is 1. The predicted octanol–water partition coefficient (Wildman–Crippen LogP) is 5.68. The van der Waals surface area contributed by atoms with Crippen LogP contribution in [0.3, 0.4) is 0 Å². The minimum absolute atomic E-state index is 0.0835. The fourth-order valence-electron chi connectivity index (χ4n) is 3.67. The van der Waals surface area contributed by atoms with Crippen molar-refractivity contribution in [2.24, 2.45) is 0 Å². The lowest BCUT2D eigenvalue weighted by Crippen LogP contribution is -2.38. The van der Waals surface area contributed by atoms with Gasteiger partial charge in [-0.1, -0.05) is 73.1 Å². The van der Waals surface area contributed by atoms with Gasteiger partial charge in [-0.2, -0.15) is 5.10 Å². The van der Waals surface area contributed by atoms with Gasteiger partial charge in [-0.25, -0.2) is 4.68 Å². The zero-order chi connectivity index (χ0) is 23.9. The van der Waals surface area contributed by atoms with Gasteiger partial charge in [0.1, 0.15) is 12.4 Å². The van der Waals surface area contributed by atoms with Crippen molar-refractivity contribution in [1.29, 1.82) is 0 Å². The maximum Gasteiger partial charge on any atom is 0.254 e. The van der Waals surface area contributed by atoms with E-state index in [1.165, 1.54) is 4.90 Å². The van der Waals surface area contributed by atoms with Crippen molar-refractivity contribution in [3.8, 4) is 16.9 Å². The van der Waals surface area contributed by atoms with Gasteiger partial charge in [0.05, 0.1) is 11.4 Å². The number of nitrogens with zero attached hydrogens (tertiary/aromatic N) is 3. The first-order valence-corrected chi connectivity index (χ1v) is 11.5. The molecule has 0 aliphatic rings. The number of amides is 2. The molecule has 0 spiro atoms. The molecule has 0 radical (unpaired) electrons. The van der Waals surface area contributed by atoms with Crippen molar-refractivity contribution >= 4 is 29.2 Å². The van der Waals surface area contributed by atoms with Crippen LogP contribution in [0.1, 0.15) is 23.7 Å². The summed E-state index contributed by atoms with van der Waals surface area (Å²) in [5.41, 5.74) is 2.95. The number of rotatable bonds is 8. The van der Waals surface area contributed by atoms with E-state index in [0.717, 1.165) is 23.4 Å². The third kappa shape index (κ3) is 5.53. The van der Waals surface area contributed by atoms with Crippen LogP contribution >= 0.6 is 11.6 Å². The van der Waals surface area contributed by atoms with Gasteiger partial charge in [-0.15, -0.1) is 0 Å². The van der Waals surface area contributed by atoms with Crippen LogP contribution in [0.4, 0.5) is 5.82 Å². The van der Waals surface area contributed by atoms with Crippen molar-refractivity contribution in [3.63, 3.8) is 0 Å². The highest BCUT2D eigenvalue weighted by Crippen LogP contribution is 2.25. The summed E-state index contributed by atoms with van der Waals surface area (Å²) in [6, 6.07) is 27.9. The summed E-state index contributed by atoms with van der Waals surface area (Å²) in [6.07, 6.45) is 0.722. The number of hydrogen-bond donors (Lipinski definition) is 1. The minimum atomic E-state index is -0.305. The van der Waals surface area contributed by atoms with E-state index in [-0.39, 0.29) is 18.4 Å². The summed E-state index contributed by atoms with van der Waals surface area (Å²) >= 11 is 6.05. The lowest BCUT2D eigenvalue weighted by atomic mass is 10.1. The van der Waals surface area contributed by atoms with E-state index in [0.29, 0.717) is 22.9 Å². The Morgan fingerprint density at radius 2 is 1.65 bits per heavy atom. The van der Waals surface area contributed by atoms with Gasteiger partial charge in [0.2, 0.25) is 5.91 Å². The monoisotopic (exact) mass is 472 g/mol. The molecule has 2 amide bonds. The summed E-state index contributed by atoms with van der Waals surface area (Å²) in [5.74, 6) is -0.0109. The van der Waals surface area contributed by atoms with Crippen LogP contribution in [0.25, 0.3) is 16.9 Å². The molecule has 4 rings (SSSR count). The van der Waals surface area contributed by atoms with Crippen molar-refractivity contribution in [2.45, 2.75) is 13.3 Å². The van der Waals surface area contributed by atoms with Gasteiger partial charge in [-0.05, 0) is 36.8 Å². The standard InChI is InChI=1S/C27H25ClN4O2/c1-2-16-31(27(34)21-12-9-13-22(28)17-21)19-26(33)29-25-18-24(20-10-5-3-6-11-20)30-32(25)23-14-7-4-8-15-23/h3-15,17-18H,2,16,19H2,1H3,(H,29,33). The van der Waals surface area contributed by atoms with E-state index >= 15 is 0 Å². The average molecular weight is 473 g/mol. The fraction of sp³-hybridized carbons (Fsp3) is 0.148. The normalized spacial score (nSPS) is 10.6. The SMILES string of the molecule is CCCN(CC(=O)Nc1cc(-c2ccccc2)nn1-c1ccccc1)C(=O)c1cccc(Cl)c1. The number of nitrogens with one attached hydrogen (secondary N) is 1. The number of carbonyl (C=O) groups is 2. The highest BCUT2D eigenvalue weighted by Gasteiger charge is 2.20. The van der Waals surface area contributed by atoms with E-state index in [1.54, 1.807) is 28.9 Å². The number of hydrogen-bond acceptors (Lipinski definition) is 3. The average Bonchev–Trinajstić information content (AvgIpc) is 3.28. The lowest BCUT2D eigenvalue weighted by molar-refractivity contribution is -0.116. The third-order valence-corrected chi connectivity index (χ3v) is 5.47. The number of benzene rings is 3. The van der Waals surface area contributed by atoms with Gasteiger partial charge in [0.15, 0.2) is 0 Å². The van der Waals surface area contributed by atoms with Gasteiger partial charge in [-0.3, -0.25) is 9.59 Å². The Balaban J connectivity index is 1.58. The molecule has 0 atom stereocenters. The molecule has 0 unspecified atom stereocenters. The Labute approximate surface area is 203 Å². The summed E-state index contributed by atoms with van der Waals surface area (Å²) < 4.78 is 1.70. The zero-order valence-electron chi connectivity index (χ0n) is 18.8. The molecule has 1 aromatic heterocycles. The van der Waals surface area contributed by atoms with Gasteiger partial charge < -0.3 is 10.2 Å². The molecular weight excluding hydrogens is 448 g/mol. The minimum Gasteiger partial charge on any atom is -0.329 e. The Kier molecular flexibility index (Phi) is 7.40. The highest BCUT2D eigenvalue weighted by molar-refractivity contribution is 6.31. The third-order valence-electron chi connectivity index (χ3n) is 5.23. The van der Waals surface area contributed by atoms with E-state index in [4.69, 9.17) is 16.7 Å². The van der Waals surface area contributed by atoms with E-state index in [9.17, 15) is 9.59 Å². The number of para-hydroxylation sites is 1. The van der Waals surface area contributed by atoms with E-state index in [1.807, 2.05) is 73.7 Å². The molecule has 1 heterocycles. The Morgan fingerprint density at radius 1 is 0.941 bits per heavy atom. The highest BCUT2D eigenvalue weighted by atomic mass is 35.5. The van der Waals surface area contributed by atoms with Crippen molar-refractivity contribution in [2.75, 3.05) is 18.4 Å². The van der Waals surface area contributed by atoms with Crippen molar-refractivity contribution in [3.05, 3.63) is 102 Å². The summed E-state index contributed by atoms with van der Waals surface area (Å²) in [6.45, 7) is 2.33. The fourth-order valence-corrected chi connectivity index (χ4v) is 3.86. The molecule has 34 heavy (non-hydrogen) atoms. The smallest absolute Gasteiger partial charge is 0.254 e. The molecule has 7 heteroatoms. The van der Waals surface area contributed by atoms with Crippen LogP contribution in [-0.2, 0) is 4.79 Å². The zero-order valence-corrected chi connectivity index (χ0v) is 19.6. The molecule has 3 aromatic carbocycles. The largest absolute Gasteiger partial charge is 0.329 e. The molecule has 0 saturated heterocycles. The molecule has 0 fully saturated rings. The molecule has 0 bridgehead atoms. The number of carbonyl (C=O) groups excluding carboxylic acids is 2. The van der Waals surface area contributed by atoms with Gasteiger partial charge in [0.25, 0.3) is 5.91 Å². The quantitative estimate of drug-likeness (QED) is 0.358. The van der Waals surface area contributed by atoms with E-state index < -0.39 is 0 Å². The van der Waals surface area contributed by atoms with Crippen LogP contribution in [0.15, 0.2) is 91.0 Å². The molecule has 6 nitrogen and oxygen atoms in total. The molecule has 0 saturated carbocycles. The first-order valence-electron chi connectivity index (χ1n) is 11.1. The molecule has 172 valence electrons. The van der Waals surface area contributed by atoms with Crippen molar-refractivity contribution < 1.29 is 9.59 Å². The van der Waals surface area contributed by atoms with E-state index in [2.05, 4.69) is 5.32 Å². The Bertz CT molecular complexity index is 1270. The Hall–Kier alpha value is -3.90. The predicted molar refractivity (Wildman–Crippen MR) is 135 cm³/mol. The van der Waals surface area contributed by atoms with Gasteiger partial charge in [0, 0.05) is 28.8 Å². The molecule has 0 aliphatic carbocycles. The molecule has 0 aliphatic heterocycles. The topological polar surface area (TPSA) is 67.2 Å². The second-order valence-electron chi connectivity index (χ2n) is 7.81. The number of anilines is 1. The van der Waals surface area contributed by atoms with Crippen LogP contribution in [0.2, 0.25) is 5.02 Å². The first-order chi connectivity index (χ1) is 16.5. The molecule has 4 aromatic rings. The van der Waals surface area contributed by atoms with Crippen LogP contribution in [-0.4, -0.2) is 39.6 Å². The van der Waals surface area contributed by atoms with Crippen LogP contribution in [0, 0.1) is 0 Å². The molecule has 1 N–H and O–H groups in total. The second kappa shape index (κ2) is 10.8. The lowest BCUT2D eigenvalue weighted by Gasteiger charge is -2.22. The van der Waals surface area contributed by atoms with Crippen molar-refractivity contribution in [1.82, 2.24) is 14.7 Å². The van der Waals surface area contributed by atoms with Crippen LogP contribution in [0.5, 0.6) is 0 Å². The maximum absolute atomic E-state index is 13.1. The van der Waals surface area contributed by atoms with Gasteiger partial charge >= 0.3 is 0 Å². The first kappa shape index (κ1) is 23.3. The second-order valence-corrected chi connectivity index (χ2v) is 8.25.